The maximum atomic E-state index is 12.6. The van der Waals surface area contributed by atoms with Crippen molar-refractivity contribution in [3.05, 3.63) is 72.3 Å². The van der Waals surface area contributed by atoms with E-state index in [0.717, 1.165) is 64.9 Å². The number of carbonyl (C=O) groups excluding carboxylic acids is 1. The molecule has 8 heteroatoms. The molecule has 1 aliphatic rings. The Kier molecular flexibility index (Phi) is 6.86. The van der Waals surface area contributed by atoms with Crippen LogP contribution >= 0.6 is 0 Å². The van der Waals surface area contributed by atoms with Gasteiger partial charge in [-0.3, -0.25) is 10.2 Å². The third kappa shape index (κ3) is 5.04. The van der Waals surface area contributed by atoms with Gasteiger partial charge in [-0.25, -0.2) is 9.97 Å². The van der Waals surface area contributed by atoms with Crippen LogP contribution in [0.2, 0.25) is 0 Å². The van der Waals surface area contributed by atoms with Gasteiger partial charge in [0.1, 0.15) is 5.82 Å². The lowest BCUT2D eigenvalue weighted by Gasteiger charge is -2.14. The zero-order valence-electron chi connectivity index (χ0n) is 20.2. The highest BCUT2D eigenvalue weighted by atomic mass is 16.2. The van der Waals surface area contributed by atoms with Crippen molar-refractivity contribution in [1.82, 2.24) is 15.3 Å². The monoisotopic (exact) mass is 479 g/mol. The summed E-state index contributed by atoms with van der Waals surface area (Å²) in [6, 6.07) is 21.5. The van der Waals surface area contributed by atoms with Crippen molar-refractivity contribution in [1.29, 1.82) is 0 Å². The Hall–Kier alpha value is -4.30. The van der Waals surface area contributed by atoms with E-state index >= 15 is 0 Å². The molecule has 0 radical (unpaired) electrons. The molecule has 1 atom stereocenters. The molecule has 4 N–H and O–H groups in total. The maximum absolute atomic E-state index is 12.6. The molecule has 1 fully saturated rings. The number of hydrazone groups is 1. The molecule has 4 aromatic rings. The van der Waals surface area contributed by atoms with Gasteiger partial charge in [0.15, 0.2) is 5.82 Å². The average Bonchev–Trinajstić information content (AvgIpc) is 3.45. The first-order valence-corrected chi connectivity index (χ1v) is 12.2. The average molecular weight is 480 g/mol. The molecule has 1 aliphatic heterocycles. The standard InChI is InChI=1S/C28H29N7O/c1-3-18-16-21(13-14-23(18)35-29-2)31-27-22-10-4-5-11-24(22)33-26(34-27)19-8-6-9-20(17-19)32-28(36)25-12-7-15-30-25/h4-6,8-11,13-14,16-17,25,30,35H,2-3,7,12,15H2,1H3,(H,32,36)(H,31,33,34)/t25-/m1/s1. The summed E-state index contributed by atoms with van der Waals surface area (Å²) in [7, 11) is 0. The molecule has 1 amide bonds. The second kappa shape index (κ2) is 10.5. The molecule has 0 spiro atoms. The Morgan fingerprint density at radius 2 is 1.97 bits per heavy atom. The van der Waals surface area contributed by atoms with Gasteiger partial charge in [0.2, 0.25) is 5.91 Å². The number of hydrogen-bond acceptors (Lipinski definition) is 7. The highest BCUT2D eigenvalue weighted by molar-refractivity contribution is 5.96. The largest absolute Gasteiger partial charge is 0.340 e. The molecule has 0 aliphatic carbocycles. The van der Waals surface area contributed by atoms with E-state index in [4.69, 9.17) is 9.97 Å². The van der Waals surface area contributed by atoms with Crippen LogP contribution in [-0.4, -0.2) is 35.2 Å². The van der Waals surface area contributed by atoms with Gasteiger partial charge in [-0.2, -0.15) is 5.10 Å². The first-order valence-electron chi connectivity index (χ1n) is 12.2. The normalized spacial score (nSPS) is 15.0. The molecule has 8 nitrogen and oxygen atoms in total. The Balaban J connectivity index is 1.48. The summed E-state index contributed by atoms with van der Waals surface area (Å²) in [6.45, 7) is 6.49. The van der Waals surface area contributed by atoms with Gasteiger partial charge in [-0.1, -0.05) is 31.2 Å². The van der Waals surface area contributed by atoms with Crippen LogP contribution in [0.25, 0.3) is 22.3 Å². The van der Waals surface area contributed by atoms with Crippen molar-refractivity contribution >= 4 is 46.4 Å². The van der Waals surface area contributed by atoms with E-state index in [-0.39, 0.29) is 11.9 Å². The molecule has 2 heterocycles. The number of aryl methyl sites for hydroxylation is 1. The number of hydrogen-bond donors (Lipinski definition) is 4. The summed E-state index contributed by atoms with van der Waals surface area (Å²) in [5.41, 5.74) is 8.29. The van der Waals surface area contributed by atoms with Crippen LogP contribution in [0.15, 0.2) is 71.8 Å². The first kappa shape index (κ1) is 23.4. The zero-order valence-corrected chi connectivity index (χ0v) is 20.2. The van der Waals surface area contributed by atoms with Crippen molar-refractivity contribution in [3.8, 4) is 11.4 Å². The number of fused-ring (bicyclic) bond motifs is 1. The van der Waals surface area contributed by atoms with Crippen molar-refractivity contribution in [2.45, 2.75) is 32.2 Å². The number of para-hydroxylation sites is 1. The fourth-order valence-corrected chi connectivity index (χ4v) is 4.47. The number of anilines is 4. The highest BCUT2D eigenvalue weighted by Crippen LogP contribution is 2.30. The second-order valence-corrected chi connectivity index (χ2v) is 8.75. The van der Waals surface area contributed by atoms with E-state index < -0.39 is 0 Å². The fourth-order valence-electron chi connectivity index (χ4n) is 4.47. The lowest BCUT2D eigenvalue weighted by Crippen LogP contribution is -2.35. The topological polar surface area (TPSA) is 103 Å². The van der Waals surface area contributed by atoms with Gasteiger partial charge < -0.3 is 16.0 Å². The van der Waals surface area contributed by atoms with Crippen molar-refractivity contribution in [2.24, 2.45) is 5.10 Å². The fraction of sp³-hybridized carbons (Fsp3) is 0.214. The molecule has 5 rings (SSSR count). The summed E-state index contributed by atoms with van der Waals surface area (Å²) in [5, 5.41) is 14.5. The summed E-state index contributed by atoms with van der Waals surface area (Å²) in [6.07, 6.45) is 2.72. The first-order chi connectivity index (χ1) is 17.6. The van der Waals surface area contributed by atoms with Crippen LogP contribution < -0.4 is 21.4 Å². The Morgan fingerprint density at radius 1 is 1.08 bits per heavy atom. The minimum atomic E-state index is -0.141. The van der Waals surface area contributed by atoms with Gasteiger partial charge in [0, 0.05) is 29.0 Å². The minimum Gasteiger partial charge on any atom is -0.340 e. The molecule has 1 aromatic heterocycles. The van der Waals surface area contributed by atoms with Gasteiger partial charge >= 0.3 is 0 Å². The molecule has 0 bridgehead atoms. The number of nitrogens with one attached hydrogen (secondary N) is 4. The predicted molar refractivity (Wildman–Crippen MR) is 147 cm³/mol. The molecule has 3 aromatic carbocycles. The quantitative estimate of drug-likeness (QED) is 0.201. The number of rotatable bonds is 8. The van der Waals surface area contributed by atoms with E-state index in [1.165, 1.54) is 0 Å². The van der Waals surface area contributed by atoms with E-state index in [9.17, 15) is 4.79 Å². The van der Waals surface area contributed by atoms with Crippen LogP contribution in [0.4, 0.5) is 22.9 Å². The molecule has 182 valence electrons. The van der Waals surface area contributed by atoms with Gasteiger partial charge in [-0.15, -0.1) is 0 Å². The van der Waals surface area contributed by atoms with Gasteiger partial charge in [0.25, 0.3) is 0 Å². The molecule has 0 saturated carbocycles. The number of nitrogens with zero attached hydrogens (tertiary/aromatic N) is 3. The summed E-state index contributed by atoms with van der Waals surface area (Å²) >= 11 is 0. The molecular weight excluding hydrogens is 450 g/mol. The number of carbonyl (C=O) groups is 1. The van der Waals surface area contributed by atoms with E-state index in [1.54, 1.807) is 0 Å². The van der Waals surface area contributed by atoms with E-state index in [2.05, 4.69) is 46.2 Å². The lowest BCUT2D eigenvalue weighted by molar-refractivity contribution is -0.117. The summed E-state index contributed by atoms with van der Waals surface area (Å²) in [5.74, 6) is 1.28. The number of benzene rings is 3. The molecule has 1 saturated heterocycles. The summed E-state index contributed by atoms with van der Waals surface area (Å²) in [4.78, 5) is 22.3. The van der Waals surface area contributed by atoms with E-state index in [1.807, 2.05) is 60.7 Å². The SMILES string of the molecule is C=NNc1ccc(Nc2nc(-c3cccc(NC(=O)[C@H]4CCCN4)c3)nc3ccccc23)cc1CC. The smallest absolute Gasteiger partial charge is 0.241 e. The third-order valence-electron chi connectivity index (χ3n) is 6.32. The Morgan fingerprint density at radius 3 is 2.78 bits per heavy atom. The van der Waals surface area contributed by atoms with E-state index in [0.29, 0.717) is 11.6 Å². The van der Waals surface area contributed by atoms with Crippen molar-refractivity contribution in [2.75, 3.05) is 22.6 Å². The second-order valence-electron chi connectivity index (χ2n) is 8.75. The van der Waals surface area contributed by atoms with Crippen molar-refractivity contribution < 1.29 is 4.79 Å². The third-order valence-corrected chi connectivity index (χ3v) is 6.32. The minimum absolute atomic E-state index is 0.0113. The van der Waals surface area contributed by atoms with Crippen LogP contribution in [-0.2, 0) is 11.2 Å². The van der Waals surface area contributed by atoms with Crippen LogP contribution in [0.3, 0.4) is 0 Å². The maximum Gasteiger partial charge on any atom is 0.241 e. The van der Waals surface area contributed by atoms with Crippen LogP contribution in [0.5, 0.6) is 0 Å². The molecule has 36 heavy (non-hydrogen) atoms. The number of aromatic nitrogens is 2. The molecular formula is C28H29N7O. The van der Waals surface area contributed by atoms with Crippen LogP contribution in [0, 0.1) is 0 Å². The Labute approximate surface area is 210 Å². The van der Waals surface area contributed by atoms with Crippen molar-refractivity contribution in [3.63, 3.8) is 0 Å². The zero-order chi connectivity index (χ0) is 24.9. The van der Waals surface area contributed by atoms with Gasteiger partial charge in [0.05, 0.1) is 17.2 Å². The predicted octanol–water partition coefficient (Wildman–Crippen LogP) is 5.32. The number of amides is 1. The highest BCUT2D eigenvalue weighted by Gasteiger charge is 2.22. The lowest BCUT2D eigenvalue weighted by atomic mass is 10.1. The molecule has 0 unspecified atom stereocenters. The summed E-state index contributed by atoms with van der Waals surface area (Å²) < 4.78 is 0. The Bertz CT molecular complexity index is 1410. The van der Waals surface area contributed by atoms with Crippen LogP contribution in [0.1, 0.15) is 25.3 Å². The van der Waals surface area contributed by atoms with Gasteiger partial charge in [-0.05, 0) is 73.8 Å².